The Morgan fingerprint density at radius 2 is 2.42 bits per heavy atom. The van der Waals surface area contributed by atoms with Crippen molar-refractivity contribution in [2.45, 2.75) is 6.42 Å². The van der Waals surface area contributed by atoms with Gasteiger partial charge in [0.15, 0.2) is 11.3 Å². The number of aromatic carboxylic acids is 1. The van der Waals surface area contributed by atoms with E-state index in [-0.39, 0.29) is 12.2 Å². The molecule has 1 heterocycles. The predicted octanol–water partition coefficient (Wildman–Crippen LogP) is -0.268. The average molecular weight is 168 g/mol. The molecular weight excluding hydrogens is 164 g/mol. The highest BCUT2D eigenvalue weighted by Crippen LogP contribution is 2.02. The Balaban J connectivity index is 3.24. The SMILES string of the molecule is N#CCc1o[nH]c(=O)c1C(=O)O. The van der Waals surface area contributed by atoms with Crippen LogP contribution in [0.2, 0.25) is 0 Å². The summed E-state index contributed by atoms with van der Waals surface area (Å²) in [5.74, 6) is -1.54. The fraction of sp³-hybridized carbons (Fsp3) is 0.167. The summed E-state index contributed by atoms with van der Waals surface area (Å²) in [6.07, 6.45) is -0.236. The molecule has 0 spiro atoms. The van der Waals surface area contributed by atoms with Gasteiger partial charge in [-0.1, -0.05) is 0 Å². The molecule has 0 bridgehead atoms. The molecule has 2 N–H and O–H groups in total. The number of carboxylic acids is 1. The summed E-state index contributed by atoms with van der Waals surface area (Å²) in [5, 5.41) is 18.5. The predicted molar refractivity (Wildman–Crippen MR) is 35.6 cm³/mol. The van der Waals surface area contributed by atoms with E-state index in [9.17, 15) is 9.59 Å². The zero-order valence-electron chi connectivity index (χ0n) is 5.83. The Kier molecular flexibility index (Phi) is 1.96. The maximum Gasteiger partial charge on any atom is 0.345 e. The second kappa shape index (κ2) is 2.92. The zero-order chi connectivity index (χ0) is 9.14. The van der Waals surface area contributed by atoms with E-state index >= 15 is 0 Å². The maximum atomic E-state index is 10.7. The maximum absolute atomic E-state index is 10.7. The number of aromatic nitrogens is 1. The van der Waals surface area contributed by atoms with Gasteiger partial charge in [-0.2, -0.15) is 10.4 Å². The summed E-state index contributed by atoms with van der Waals surface area (Å²) < 4.78 is 4.46. The van der Waals surface area contributed by atoms with Gasteiger partial charge in [-0.3, -0.25) is 4.79 Å². The minimum absolute atomic E-state index is 0.144. The molecule has 12 heavy (non-hydrogen) atoms. The summed E-state index contributed by atoms with van der Waals surface area (Å²) >= 11 is 0. The van der Waals surface area contributed by atoms with E-state index in [1.165, 1.54) is 0 Å². The molecule has 0 unspecified atom stereocenters. The van der Waals surface area contributed by atoms with Gasteiger partial charge in [0.2, 0.25) is 0 Å². The first-order chi connectivity index (χ1) is 5.66. The van der Waals surface area contributed by atoms with Crippen LogP contribution in [-0.4, -0.2) is 16.2 Å². The van der Waals surface area contributed by atoms with Crippen LogP contribution in [0.3, 0.4) is 0 Å². The lowest BCUT2D eigenvalue weighted by atomic mass is 10.2. The van der Waals surface area contributed by atoms with E-state index in [0.29, 0.717) is 0 Å². The molecule has 0 aliphatic heterocycles. The van der Waals surface area contributed by atoms with Crippen LogP contribution in [-0.2, 0) is 6.42 Å². The Bertz CT molecular complexity index is 394. The second-order valence-corrected chi connectivity index (χ2v) is 1.97. The van der Waals surface area contributed by atoms with E-state index in [0.717, 1.165) is 0 Å². The third kappa shape index (κ3) is 1.20. The highest BCUT2D eigenvalue weighted by molar-refractivity contribution is 5.88. The number of hydrogen-bond donors (Lipinski definition) is 2. The molecule has 0 aliphatic carbocycles. The molecule has 0 atom stereocenters. The first-order valence-corrected chi connectivity index (χ1v) is 2.97. The van der Waals surface area contributed by atoms with Crippen LogP contribution < -0.4 is 5.56 Å². The third-order valence-corrected chi connectivity index (χ3v) is 1.23. The topological polar surface area (TPSA) is 107 Å². The van der Waals surface area contributed by atoms with E-state index < -0.39 is 17.1 Å². The van der Waals surface area contributed by atoms with Crippen molar-refractivity contribution in [3.05, 3.63) is 21.7 Å². The van der Waals surface area contributed by atoms with Crippen LogP contribution in [0.5, 0.6) is 0 Å². The van der Waals surface area contributed by atoms with Crippen molar-refractivity contribution in [1.82, 2.24) is 5.16 Å². The molecule has 1 aromatic rings. The van der Waals surface area contributed by atoms with Crippen molar-refractivity contribution >= 4 is 5.97 Å². The molecule has 0 amide bonds. The van der Waals surface area contributed by atoms with E-state index in [1.807, 2.05) is 5.16 Å². The van der Waals surface area contributed by atoms with Gasteiger partial charge in [-0.25, -0.2) is 4.79 Å². The molecule has 0 aromatic carbocycles. The Morgan fingerprint density at radius 3 is 2.92 bits per heavy atom. The molecule has 0 saturated carbocycles. The van der Waals surface area contributed by atoms with Gasteiger partial charge in [0.1, 0.15) is 0 Å². The fourth-order valence-electron chi connectivity index (χ4n) is 0.749. The normalized spacial score (nSPS) is 9.25. The number of carboxylic acid groups (broad SMARTS) is 1. The number of hydrogen-bond acceptors (Lipinski definition) is 4. The first kappa shape index (κ1) is 8.07. The number of nitrogens with one attached hydrogen (secondary N) is 1. The van der Waals surface area contributed by atoms with Crippen molar-refractivity contribution in [3.63, 3.8) is 0 Å². The van der Waals surface area contributed by atoms with Crippen LogP contribution >= 0.6 is 0 Å². The van der Waals surface area contributed by atoms with Crippen molar-refractivity contribution < 1.29 is 14.4 Å². The van der Waals surface area contributed by atoms with Gasteiger partial charge >= 0.3 is 5.97 Å². The van der Waals surface area contributed by atoms with Crippen molar-refractivity contribution in [2.75, 3.05) is 0 Å². The van der Waals surface area contributed by atoms with Crippen LogP contribution in [0.25, 0.3) is 0 Å². The monoisotopic (exact) mass is 168 g/mol. The lowest BCUT2D eigenvalue weighted by Gasteiger charge is -1.85. The van der Waals surface area contributed by atoms with Gasteiger partial charge < -0.3 is 9.63 Å². The van der Waals surface area contributed by atoms with E-state index in [1.54, 1.807) is 6.07 Å². The van der Waals surface area contributed by atoms with Crippen molar-refractivity contribution in [3.8, 4) is 6.07 Å². The highest BCUT2D eigenvalue weighted by Gasteiger charge is 2.18. The zero-order valence-corrected chi connectivity index (χ0v) is 5.83. The number of nitriles is 1. The van der Waals surface area contributed by atoms with Gasteiger partial charge in [0.05, 0.1) is 12.5 Å². The Labute approximate surface area is 66.0 Å². The van der Waals surface area contributed by atoms with Gasteiger partial charge in [0.25, 0.3) is 5.56 Å². The van der Waals surface area contributed by atoms with Crippen LogP contribution in [0.4, 0.5) is 0 Å². The van der Waals surface area contributed by atoms with Crippen molar-refractivity contribution in [1.29, 1.82) is 5.26 Å². The van der Waals surface area contributed by atoms with Crippen LogP contribution in [0.1, 0.15) is 16.1 Å². The lowest BCUT2D eigenvalue weighted by Crippen LogP contribution is -2.12. The second-order valence-electron chi connectivity index (χ2n) is 1.97. The molecular formula is C6H4N2O4. The molecule has 62 valence electrons. The minimum Gasteiger partial charge on any atom is -0.477 e. The number of nitrogens with zero attached hydrogens (tertiary/aromatic N) is 1. The van der Waals surface area contributed by atoms with E-state index in [2.05, 4.69) is 4.52 Å². The molecule has 6 nitrogen and oxygen atoms in total. The minimum atomic E-state index is -1.39. The first-order valence-electron chi connectivity index (χ1n) is 2.97. The summed E-state index contributed by atoms with van der Waals surface area (Å²) in [6, 6.07) is 1.68. The summed E-state index contributed by atoms with van der Waals surface area (Å²) in [6.45, 7) is 0. The molecule has 0 aliphatic rings. The molecule has 0 radical (unpaired) electrons. The fourth-order valence-corrected chi connectivity index (χ4v) is 0.749. The average Bonchev–Trinajstić information content (AvgIpc) is 2.32. The van der Waals surface area contributed by atoms with Gasteiger partial charge in [0, 0.05) is 0 Å². The Morgan fingerprint density at radius 1 is 1.75 bits per heavy atom. The van der Waals surface area contributed by atoms with E-state index in [4.69, 9.17) is 10.4 Å². The summed E-state index contributed by atoms with van der Waals surface area (Å²) in [5.41, 5.74) is -1.33. The lowest BCUT2D eigenvalue weighted by molar-refractivity contribution is 0.0693. The third-order valence-electron chi connectivity index (χ3n) is 1.23. The standard InChI is InChI=1S/C6H4N2O4/c7-2-1-3-4(6(10)11)5(9)8-12-3/h1H2,(H,8,9)(H,10,11). The molecule has 6 heteroatoms. The summed E-state index contributed by atoms with van der Waals surface area (Å²) in [7, 11) is 0. The van der Waals surface area contributed by atoms with Crippen molar-refractivity contribution in [2.24, 2.45) is 0 Å². The number of carbonyl (C=O) groups is 1. The molecule has 0 fully saturated rings. The van der Waals surface area contributed by atoms with Gasteiger partial charge in [-0.15, -0.1) is 0 Å². The number of aromatic amines is 1. The highest BCUT2D eigenvalue weighted by atomic mass is 16.5. The molecule has 0 saturated heterocycles. The quantitative estimate of drug-likeness (QED) is 0.632. The van der Waals surface area contributed by atoms with Crippen LogP contribution in [0.15, 0.2) is 9.32 Å². The largest absolute Gasteiger partial charge is 0.477 e. The Hall–Kier alpha value is -2.03. The van der Waals surface area contributed by atoms with Crippen LogP contribution in [0, 0.1) is 11.3 Å². The smallest absolute Gasteiger partial charge is 0.345 e. The number of H-pyrrole nitrogens is 1. The molecule has 1 aromatic heterocycles. The van der Waals surface area contributed by atoms with Gasteiger partial charge in [-0.05, 0) is 0 Å². The molecule has 1 rings (SSSR count). The number of rotatable bonds is 2. The summed E-state index contributed by atoms with van der Waals surface area (Å²) in [4.78, 5) is 21.1.